The fourth-order valence-electron chi connectivity index (χ4n) is 4.34. The third-order valence-electron chi connectivity index (χ3n) is 5.69. The zero-order chi connectivity index (χ0) is 17.4. The van der Waals surface area contributed by atoms with E-state index in [0.717, 1.165) is 42.1 Å². The molecule has 2 N–H and O–H groups in total. The van der Waals surface area contributed by atoms with E-state index in [1.807, 2.05) is 12.1 Å². The number of carbonyl (C=O) groups excluding carboxylic acids is 1. The van der Waals surface area contributed by atoms with Crippen molar-refractivity contribution in [3.63, 3.8) is 0 Å². The number of aromatic nitrogens is 2. The van der Waals surface area contributed by atoms with Gasteiger partial charge in [0.2, 0.25) is 0 Å². The van der Waals surface area contributed by atoms with Gasteiger partial charge >= 0.3 is 6.03 Å². The molecule has 0 unspecified atom stereocenters. The van der Waals surface area contributed by atoms with Gasteiger partial charge in [-0.05, 0) is 57.0 Å². The molecule has 2 bridgehead atoms. The Labute approximate surface area is 148 Å². The number of benzene rings is 1. The van der Waals surface area contributed by atoms with Crippen LogP contribution < -0.4 is 10.6 Å². The summed E-state index contributed by atoms with van der Waals surface area (Å²) < 4.78 is 2.23. The van der Waals surface area contributed by atoms with Crippen LogP contribution in [0.1, 0.15) is 32.5 Å². The van der Waals surface area contributed by atoms with Crippen molar-refractivity contribution in [1.29, 1.82) is 0 Å². The number of nitrogens with zero attached hydrogens (tertiary/aromatic N) is 3. The summed E-state index contributed by atoms with van der Waals surface area (Å²) in [6.45, 7) is 8.51. The number of fused-ring (bicyclic) bond motifs is 4. The molecule has 3 fully saturated rings. The third kappa shape index (κ3) is 3.11. The van der Waals surface area contributed by atoms with E-state index in [0.29, 0.717) is 5.92 Å². The van der Waals surface area contributed by atoms with E-state index < -0.39 is 0 Å². The highest BCUT2D eigenvalue weighted by Crippen LogP contribution is 2.27. The van der Waals surface area contributed by atoms with Gasteiger partial charge in [-0.2, -0.15) is 0 Å². The monoisotopic (exact) mass is 341 g/mol. The highest BCUT2D eigenvalue weighted by atomic mass is 16.2. The number of carbonyl (C=O) groups is 1. The second kappa shape index (κ2) is 6.67. The maximum Gasteiger partial charge on any atom is 0.319 e. The molecule has 0 radical (unpaired) electrons. The zero-order valence-corrected chi connectivity index (χ0v) is 15.1. The van der Waals surface area contributed by atoms with E-state index in [1.165, 1.54) is 25.9 Å². The molecule has 0 aliphatic carbocycles. The molecule has 25 heavy (non-hydrogen) atoms. The number of rotatable bonds is 4. The minimum atomic E-state index is -0.108. The Morgan fingerprint density at radius 2 is 2.08 bits per heavy atom. The van der Waals surface area contributed by atoms with Crippen molar-refractivity contribution in [2.75, 3.05) is 25.0 Å². The predicted octanol–water partition coefficient (Wildman–Crippen LogP) is 2.83. The van der Waals surface area contributed by atoms with Crippen LogP contribution in [0.3, 0.4) is 0 Å². The summed E-state index contributed by atoms with van der Waals surface area (Å²) in [4.78, 5) is 19.6. The highest BCUT2D eigenvalue weighted by molar-refractivity contribution is 5.92. The summed E-state index contributed by atoms with van der Waals surface area (Å²) >= 11 is 0. The van der Waals surface area contributed by atoms with Crippen LogP contribution in [-0.2, 0) is 13.0 Å². The predicted molar refractivity (Wildman–Crippen MR) is 99.9 cm³/mol. The molecule has 5 rings (SSSR count). The lowest BCUT2D eigenvalue weighted by molar-refractivity contribution is 0.0777. The van der Waals surface area contributed by atoms with Crippen molar-refractivity contribution >= 4 is 22.8 Å². The summed E-state index contributed by atoms with van der Waals surface area (Å²) in [6, 6.07) is 6.15. The lowest BCUT2D eigenvalue weighted by Crippen LogP contribution is -2.57. The largest absolute Gasteiger partial charge is 0.334 e. The van der Waals surface area contributed by atoms with Crippen LogP contribution in [0.15, 0.2) is 18.2 Å². The van der Waals surface area contributed by atoms with Crippen molar-refractivity contribution in [2.24, 2.45) is 5.92 Å². The maximum atomic E-state index is 12.4. The average molecular weight is 341 g/mol. The number of hydrogen-bond acceptors (Lipinski definition) is 3. The SMILES string of the molecule is CCc1nc2cc(NC(=O)N[C@H]3CN4CCC3CC4)ccc2n1CC. The van der Waals surface area contributed by atoms with Crippen LogP contribution in [0.2, 0.25) is 0 Å². The molecule has 4 heterocycles. The smallest absolute Gasteiger partial charge is 0.319 e. The number of urea groups is 1. The first kappa shape index (κ1) is 16.4. The number of hydrogen-bond donors (Lipinski definition) is 2. The van der Waals surface area contributed by atoms with Crippen LogP contribution in [-0.4, -0.2) is 46.2 Å². The summed E-state index contributed by atoms with van der Waals surface area (Å²) in [5, 5.41) is 6.16. The van der Waals surface area contributed by atoms with E-state index in [1.54, 1.807) is 0 Å². The lowest BCUT2D eigenvalue weighted by Gasteiger charge is -2.44. The average Bonchev–Trinajstić information content (AvgIpc) is 2.99. The summed E-state index contributed by atoms with van der Waals surface area (Å²) in [5.74, 6) is 1.72. The van der Waals surface area contributed by atoms with Crippen molar-refractivity contribution in [2.45, 2.75) is 45.7 Å². The van der Waals surface area contributed by atoms with Crippen LogP contribution in [0.4, 0.5) is 10.5 Å². The molecule has 3 aliphatic heterocycles. The second-order valence-corrected chi connectivity index (χ2v) is 7.17. The minimum absolute atomic E-state index is 0.108. The molecule has 2 amide bonds. The Kier molecular flexibility index (Phi) is 4.37. The summed E-state index contributed by atoms with van der Waals surface area (Å²) in [7, 11) is 0. The summed E-state index contributed by atoms with van der Waals surface area (Å²) in [6.07, 6.45) is 3.31. The van der Waals surface area contributed by atoms with Gasteiger partial charge in [0.05, 0.1) is 11.0 Å². The molecule has 0 saturated carbocycles. The molecular formula is C19H27N5O. The first-order valence-electron chi connectivity index (χ1n) is 9.47. The van der Waals surface area contributed by atoms with E-state index in [4.69, 9.17) is 4.98 Å². The molecule has 6 heteroatoms. The fourth-order valence-corrected chi connectivity index (χ4v) is 4.34. The standard InChI is InChI=1S/C19H27N5O/c1-3-18-21-15-11-14(5-6-17(15)24(18)4-2)20-19(25)22-16-12-23-9-7-13(16)8-10-23/h5-6,11,13,16H,3-4,7-10,12H2,1-2H3,(H2,20,22,25)/t16-/m0/s1. The quantitative estimate of drug-likeness (QED) is 0.899. The van der Waals surface area contributed by atoms with Crippen LogP contribution in [0, 0.1) is 5.92 Å². The number of anilines is 1. The van der Waals surface area contributed by atoms with Gasteiger partial charge < -0.3 is 20.1 Å². The maximum absolute atomic E-state index is 12.4. The van der Waals surface area contributed by atoms with Gasteiger partial charge in [-0.15, -0.1) is 0 Å². The molecule has 0 spiro atoms. The second-order valence-electron chi connectivity index (χ2n) is 7.17. The molecule has 3 aliphatic rings. The van der Waals surface area contributed by atoms with Crippen LogP contribution >= 0.6 is 0 Å². The lowest BCUT2D eigenvalue weighted by atomic mass is 9.84. The zero-order valence-electron chi connectivity index (χ0n) is 15.1. The van der Waals surface area contributed by atoms with Gasteiger partial charge in [0.15, 0.2) is 0 Å². The van der Waals surface area contributed by atoms with E-state index >= 15 is 0 Å². The van der Waals surface area contributed by atoms with Crippen molar-refractivity contribution in [3.8, 4) is 0 Å². The van der Waals surface area contributed by atoms with E-state index in [-0.39, 0.29) is 12.1 Å². The van der Waals surface area contributed by atoms with Gasteiger partial charge in [-0.25, -0.2) is 9.78 Å². The Morgan fingerprint density at radius 3 is 2.72 bits per heavy atom. The molecule has 134 valence electrons. The van der Waals surface area contributed by atoms with Gasteiger partial charge in [-0.1, -0.05) is 6.92 Å². The van der Waals surface area contributed by atoms with E-state index in [9.17, 15) is 4.79 Å². The van der Waals surface area contributed by atoms with Gasteiger partial charge in [-0.3, -0.25) is 0 Å². The Morgan fingerprint density at radius 1 is 1.28 bits per heavy atom. The molecule has 6 nitrogen and oxygen atoms in total. The highest BCUT2D eigenvalue weighted by Gasteiger charge is 2.34. The van der Waals surface area contributed by atoms with Gasteiger partial charge in [0.25, 0.3) is 0 Å². The molecule has 3 saturated heterocycles. The first-order chi connectivity index (χ1) is 12.2. The fraction of sp³-hybridized carbons (Fsp3) is 0.579. The molecular weight excluding hydrogens is 314 g/mol. The van der Waals surface area contributed by atoms with Crippen LogP contribution in [0.5, 0.6) is 0 Å². The molecule has 1 aromatic carbocycles. The number of aryl methyl sites for hydroxylation is 2. The number of nitrogens with one attached hydrogen (secondary N) is 2. The van der Waals surface area contributed by atoms with E-state index in [2.05, 4.69) is 40.0 Å². The van der Waals surface area contributed by atoms with Gasteiger partial charge in [0, 0.05) is 31.2 Å². The van der Waals surface area contributed by atoms with Crippen molar-refractivity contribution in [1.82, 2.24) is 19.8 Å². The third-order valence-corrected chi connectivity index (χ3v) is 5.69. The summed E-state index contributed by atoms with van der Waals surface area (Å²) in [5.41, 5.74) is 2.87. The normalized spacial score (nSPS) is 25.3. The minimum Gasteiger partial charge on any atom is -0.334 e. The van der Waals surface area contributed by atoms with Gasteiger partial charge in [0.1, 0.15) is 5.82 Å². The Bertz CT molecular complexity index is 775. The topological polar surface area (TPSA) is 62.2 Å². The molecule has 2 aromatic rings. The Hall–Kier alpha value is -2.08. The Balaban J connectivity index is 1.46. The number of amides is 2. The van der Waals surface area contributed by atoms with Crippen molar-refractivity contribution < 1.29 is 4.79 Å². The number of piperidine rings is 3. The molecule has 1 atom stereocenters. The number of imidazole rings is 1. The van der Waals surface area contributed by atoms with Crippen LogP contribution in [0.25, 0.3) is 11.0 Å². The first-order valence-corrected chi connectivity index (χ1v) is 9.47. The van der Waals surface area contributed by atoms with Crippen molar-refractivity contribution in [3.05, 3.63) is 24.0 Å². The molecule has 1 aromatic heterocycles.